The molecule has 336 valence electrons. The van der Waals surface area contributed by atoms with Gasteiger partial charge in [-0.1, -0.05) is 91.6 Å². The highest BCUT2D eigenvalue weighted by atomic mass is 16.5. The second-order valence-electron chi connectivity index (χ2n) is 19.1. The van der Waals surface area contributed by atoms with Crippen LogP contribution in [-0.4, -0.2) is 46.4 Å². The minimum atomic E-state index is -1.13. The van der Waals surface area contributed by atoms with Gasteiger partial charge in [-0.2, -0.15) is 0 Å². The number of ether oxygens (including phenoxy) is 2. The quantitative estimate of drug-likeness (QED) is 0.0412. The molecule has 2 aliphatic heterocycles. The lowest BCUT2D eigenvalue weighted by atomic mass is 9.85. The number of carbonyl (C=O) groups is 3. The maximum absolute atomic E-state index is 14.4. The fraction of sp³-hybridized carbons (Fsp3) is 0.566. The number of aromatic amines is 3. The predicted molar refractivity (Wildman–Crippen MR) is 252 cm³/mol. The Hall–Kier alpha value is -4.79. The largest absolute Gasteiger partial charge is 0.468 e. The van der Waals surface area contributed by atoms with E-state index in [2.05, 4.69) is 101 Å². The number of Topliss-reactive ketones (excluding diaryl/α,β-unsaturated/α-hetero) is 1. The van der Waals surface area contributed by atoms with Gasteiger partial charge in [0.1, 0.15) is 12.5 Å². The Balaban J connectivity index is 1.21. The molecule has 3 aromatic heterocycles. The monoisotopic (exact) mass is 847 g/mol. The molecule has 0 amide bonds. The van der Waals surface area contributed by atoms with E-state index in [1.807, 2.05) is 13.0 Å². The molecule has 0 radical (unpaired) electrons. The summed E-state index contributed by atoms with van der Waals surface area (Å²) in [7, 11) is 1.33. The molecule has 1 aliphatic carbocycles. The Morgan fingerprint density at radius 1 is 0.790 bits per heavy atom. The number of ketones is 1. The first-order valence-corrected chi connectivity index (χ1v) is 23.6. The molecular weight excluding hydrogens is 773 g/mol. The van der Waals surface area contributed by atoms with Crippen molar-refractivity contribution in [3.05, 3.63) is 89.9 Å². The second kappa shape index (κ2) is 20.6. The first kappa shape index (κ1) is 46.7. The van der Waals surface area contributed by atoms with Crippen molar-refractivity contribution in [1.29, 1.82) is 0 Å². The van der Waals surface area contributed by atoms with Crippen LogP contribution >= 0.6 is 0 Å². The number of unbranched alkanes of at least 4 members (excludes halogenated alkanes) is 4. The van der Waals surface area contributed by atoms with Crippen LogP contribution in [0.1, 0.15) is 180 Å². The predicted octanol–water partition coefficient (Wildman–Crippen LogP) is 10.5. The number of carbonyl (C=O) groups excluding carboxylic acids is 3. The van der Waals surface area contributed by atoms with E-state index in [1.165, 1.54) is 75.2 Å². The molecule has 4 atom stereocenters. The highest BCUT2D eigenvalue weighted by molar-refractivity contribution is 6.24. The molecule has 9 nitrogen and oxygen atoms in total. The van der Waals surface area contributed by atoms with Gasteiger partial charge in [-0.15, -0.1) is 0 Å². The van der Waals surface area contributed by atoms with Crippen molar-refractivity contribution in [2.45, 2.75) is 153 Å². The topological polar surface area (TPSA) is 129 Å². The Labute approximate surface area is 370 Å². The average Bonchev–Trinajstić information content (AvgIpc) is 3.97. The van der Waals surface area contributed by atoms with E-state index in [-0.39, 0.29) is 36.6 Å². The molecule has 0 saturated carbocycles. The third kappa shape index (κ3) is 10.2. The van der Waals surface area contributed by atoms with Crippen molar-refractivity contribution in [2.75, 3.05) is 13.7 Å². The molecule has 0 spiro atoms. The van der Waals surface area contributed by atoms with E-state index < -0.39 is 11.9 Å². The van der Waals surface area contributed by atoms with Gasteiger partial charge in [-0.25, -0.2) is 0 Å². The molecule has 5 heterocycles. The van der Waals surface area contributed by atoms with Gasteiger partial charge in [0.25, 0.3) is 0 Å². The molecule has 1 fully saturated rings. The van der Waals surface area contributed by atoms with E-state index in [0.717, 1.165) is 87.0 Å². The molecule has 1 saturated heterocycles. The highest BCUT2D eigenvalue weighted by Gasteiger charge is 2.48. The molecular formula is C53H74N4O5. The Kier molecular flexibility index (Phi) is 15.5. The number of esters is 2. The number of hydrogen-bond acceptors (Lipinski definition) is 6. The van der Waals surface area contributed by atoms with Gasteiger partial charge in [0.15, 0.2) is 5.78 Å². The Bertz CT molecular complexity index is 2360. The van der Waals surface area contributed by atoms with Gasteiger partial charge in [0.05, 0.1) is 12.8 Å². The van der Waals surface area contributed by atoms with Crippen molar-refractivity contribution < 1.29 is 23.9 Å². The van der Waals surface area contributed by atoms with Gasteiger partial charge < -0.3 is 29.7 Å². The smallest absolute Gasteiger partial charge is 0.321 e. The highest BCUT2D eigenvalue weighted by Crippen LogP contribution is 2.48. The number of allylic oxidation sites excluding steroid dienone is 3. The zero-order valence-electron chi connectivity index (χ0n) is 39.6. The van der Waals surface area contributed by atoms with Crippen LogP contribution in [0.3, 0.4) is 0 Å². The summed E-state index contributed by atoms with van der Waals surface area (Å²) in [5.41, 5.74) is 13.0. The van der Waals surface area contributed by atoms with E-state index in [4.69, 9.17) is 9.47 Å². The molecule has 0 unspecified atom stereocenters. The first-order valence-electron chi connectivity index (χ1n) is 23.6. The third-order valence-electron chi connectivity index (χ3n) is 14.2. The van der Waals surface area contributed by atoms with E-state index in [9.17, 15) is 14.4 Å². The molecule has 9 heteroatoms. The maximum atomic E-state index is 14.4. The van der Waals surface area contributed by atoms with Crippen LogP contribution < -0.4 is 16.0 Å². The normalized spacial score (nSPS) is 21.9. The van der Waals surface area contributed by atoms with Crippen molar-refractivity contribution in [3.8, 4) is 0 Å². The number of fused-ring (bicyclic) bond motifs is 7. The lowest BCUT2D eigenvalue weighted by Gasteiger charge is -2.19. The van der Waals surface area contributed by atoms with Gasteiger partial charge in [-0.3, -0.25) is 14.4 Å². The summed E-state index contributed by atoms with van der Waals surface area (Å²) >= 11 is 0. The molecule has 8 bridgehead atoms. The molecule has 4 N–H and O–H groups in total. The molecule has 62 heavy (non-hydrogen) atoms. The van der Waals surface area contributed by atoms with Gasteiger partial charge in [0, 0.05) is 68.6 Å². The van der Waals surface area contributed by atoms with Crippen LogP contribution in [0.4, 0.5) is 0 Å². The summed E-state index contributed by atoms with van der Waals surface area (Å²) in [6, 6.07) is 0. The summed E-state index contributed by atoms with van der Waals surface area (Å²) in [6.07, 6.45) is 22.8. The first-order chi connectivity index (χ1) is 29.6. The zero-order valence-corrected chi connectivity index (χ0v) is 39.6. The number of rotatable bonds is 19. The number of nitrogens with one attached hydrogen (secondary N) is 4. The lowest BCUT2D eigenvalue weighted by molar-refractivity contribution is -0.143. The van der Waals surface area contributed by atoms with E-state index >= 15 is 0 Å². The molecule has 3 aliphatic rings. The molecule has 3 aromatic rings. The van der Waals surface area contributed by atoms with E-state index in [0.29, 0.717) is 23.3 Å². The van der Waals surface area contributed by atoms with Crippen LogP contribution in [0.15, 0.2) is 23.0 Å². The summed E-state index contributed by atoms with van der Waals surface area (Å²) in [5.74, 6) is -0.972. The van der Waals surface area contributed by atoms with Gasteiger partial charge in [-0.05, 0) is 124 Å². The van der Waals surface area contributed by atoms with Crippen LogP contribution in [-0.2, 0) is 25.5 Å². The van der Waals surface area contributed by atoms with Crippen LogP contribution in [0.2, 0.25) is 0 Å². The summed E-state index contributed by atoms with van der Waals surface area (Å²) in [5, 5.41) is 5.73. The van der Waals surface area contributed by atoms with Crippen molar-refractivity contribution >= 4 is 41.5 Å². The summed E-state index contributed by atoms with van der Waals surface area (Å²) < 4.78 is 11.1. The number of hydrogen-bond donors (Lipinski definition) is 4. The second-order valence-corrected chi connectivity index (χ2v) is 19.1. The fourth-order valence-corrected chi connectivity index (χ4v) is 10.0. The van der Waals surface area contributed by atoms with Crippen LogP contribution in [0, 0.1) is 57.3 Å². The van der Waals surface area contributed by atoms with Crippen LogP contribution in [0.25, 0.3) is 23.8 Å². The molecule has 0 aromatic carbocycles. The zero-order chi connectivity index (χ0) is 44.8. The van der Waals surface area contributed by atoms with Crippen molar-refractivity contribution in [1.82, 2.24) is 20.3 Å². The average molecular weight is 847 g/mol. The van der Waals surface area contributed by atoms with E-state index in [1.54, 1.807) is 0 Å². The van der Waals surface area contributed by atoms with Crippen molar-refractivity contribution in [2.24, 2.45) is 29.6 Å². The SMILES string of the molecule is CCc1c(C)/c2[nH]/c1=C\c1[nH]c3c(c1C)C(=O)[C@H](C(=O)OC)/C3=C1/N/C(=C\c3[nH]c(c(C)c3C)\C=2)[C@@H](C)[C@@H]1CCC(=O)OC/C=C(/C)CCC[C@H](C)CCCCCCCC(C)C. The maximum Gasteiger partial charge on any atom is 0.321 e. The minimum absolute atomic E-state index is 0.0601. The van der Waals surface area contributed by atoms with Gasteiger partial charge >= 0.3 is 11.9 Å². The molecule has 6 rings (SSSR count). The minimum Gasteiger partial charge on any atom is -0.468 e. The number of methoxy groups -OCH3 is 1. The summed E-state index contributed by atoms with van der Waals surface area (Å²) in [6.45, 7) is 22.0. The van der Waals surface area contributed by atoms with Crippen molar-refractivity contribution in [3.63, 3.8) is 0 Å². The van der Waals surface area contributed by atoms with Crippen LogP contribution in [0.5, 0.6) is 0 Å². The number of H-pyrrole nitrogens is 3. The Morgan fingerprint density at radius 2 is 1.44 bits per heavy atom. The summed E-state index contributed by atoms with van der Waals surface area (Å²) in [4.78, 5) is 52.3. The Morgan fingerprint density at radius 3 is 2.13 bits per heavy atom. The lowest BCUT2D eigenvalue weighted by Crippen LogP contribution is -2.25. The number of aromatic nitrogens is 3. The standard InChI is InChI=1S/C53H74N4O5/c1-12-38-35(8)42-27-40-33(6)34(7)41(54-40)28-43-36(9)39(23-24-46(58)62-26-25-32(5)22-18-21-31(4)20-17-15-13-14-16-19-30(2)3)50(56-43)48-49(53(60)61-11)52(59)47-37(10)44(57-51(47)48)29-45(38)55-42/h25,27-31,36,39,49,54-57H,12-24,26H2,1-11H3/b32-25-,42-27-,43-28-,45-29-,50-48-/t31-,36+,39+,49-/m1/s1. The third-order valence-corrected chi connectivity index (χ3v) is 14.2. The van der Waals surface area contributed by atoms with Gasteiger partial charge in [0.2, 0.25) is 0 Å². The fourth-order valence-electron chi connectivity index (χ4n) is 10.0.